The molecule has 1 aromatic carbocycles. The van der Waals surface area contributed by atoms with Crippen molar-refractivity contribution in [1.82, 2.24) is 25.5 Å². The molecule has 0 fully saturated rings. The summed E-state index contributed by atoms with van der Waals surface area (Å²) in [6, 6.07) is 10.1. The summed E-state index contributed by atoms with van der Waals surface area (Å²) in [5.41, 5.74) is 3.14. The first-order valence-electron chi connectivity index (χ1n) is 7.86. The zero-order valence-electron chi connectivity index (χ0n) is 14.3. The molecule has 25 heavy (non-hydrogen) atoms. The second-order valence-electron chi connectivity index (χ2n) is 5.76. The van der Waals surface area contributed by atoms with Crippen molar-refractivity contribution in [3.05, 3.63) is 51.7 Å². The van der Waals surface area contributed by atoms with Gasteiger partial charge in [0.1, 0.15) is 0 Å². The van der Waals surface area contributed by atoms with Crippen LogP contribution in [-0.2, 0) is 4.79 Å². The zero-order chi connectivity index (χ0) is 17.8. The minimum atomic E-state index is -0.0404. The number of hydrogen-bond donors (Lipinski definition) is 1. The number of thioether (sulfide) groups is 1. The van der Waals surface area contributed by atoms with Crippen molar-refractivity contribution in [3.63, 3.8) is 0 Å². The number of carbonyl (C=O) groups excluding carboxylic acids is 1. The highest BCUT2D eigenvalue weighted by atomic mass is 32.2. The largest absolute Gasteiger partial charge is 0.348 e. The molecule has 0 aliphatic carbocycles. The van der Waals surface area contributed by atoms with Crippen molar-refractivity contribution in [3.8, 4) is 5.69 Å². The number of benzene rings is 1. The van der Waals surface area contributed by atoms with Crippen LogP contribution in [0.15, 0.2) is 40.9 Å². The lowest BCUT2D eigenvalue weighted by Gasteiger charge is -2.12. The van der Waals surface area contributed by atoms with Crippen LogP contribution in [0.25, 0.3) is 5.69 Å². The molecule has 0 saturated heterocycles. The number of aromatic nitrogens is 4. The molecule has 1 amide bonds. The van der Waals surface area contributed by atoms with E-state index in [4.69, 9.17) is 0 Å². The predicted octanol–water partition coefficient (Wildman–Crippen LogP) is 3.31. The van der Waals surface area contributed by atoms with Gasteiger partial charge in [-0.3, -0.25) is 4.79 Å². The SMILES string of the molecule is Cc1ccc(C)c(-n2nnnc2SCC(=O)N[C@@H](C)c2cccs2)c1. The number of nitrogens with zero attached hydrogens (tertiary/aromatic N) is 4. The van der Waals surface area contributed by atoms with Gasteiger partial charge in [0.15, 0.2) is 0 Å². The zero-order valence-corrected chi connectivity index (χ0v) is 15.9. The standard InChI is InChI=1S/C17H19N5OS2/c1-11-6-7-12(2)14(9-11)22-17(19-20-21-22)25-10-16(23)18-13(3)15-5-4-8-24-15/h4-9,13H,10H2,1-3H3,(H,18,23)/t13-/m0/s1. The summed E-state index contributed by atoms with van der Waals surface area (Å²) >= 11 is 2.96. The molecule has 1 N–H and O–H groups in total. The molecule has 0 unspecified atom stereocenters. The van der Waals surface area contributed by atoms with E-state index in [1.165, 1.54) is 11.8 Å². The van der Waals surface area contributed by atoms with E-state index in [2.05, 4.69) is 26.9 Å². The van der Waals surface area contributed by atoms with Crippen LogP contribution in [0, 0.1) is 13.8 Å². The number of amides is 1. The molecule has 3 aromatic rings. The van der Waals surface area contributed by atoms with Crippen molar-refractivity contribution in [2.45, 2.75) is 32.0 Å². The lowest BCUT2D eigenvalue weighted by molar-refractivity contribution is -0.119. The van der Waals surface area contributed by atoms with Crippen LogP contribution in [0.1, 0.15) is 29.0 Å². The minimum absolute atomic E-state index is 0.00288. The minimum Gasteiger partial charge on any atom is -0.348 e. The van der Waals surface area contributed by atoms with E-state index >= 15 is 0 Å². The molecule has 0 aliphatic heterocycles. The Kier molecular flexibility index (Phi) is 5.50. The van der Waals surface area contributed by atoms with Gasteiger partial charge >= 0.3 is 0 Å². The number of hydrogen-bond acceptors (Lipinski definition) is 6. The van der Waals surface area contributed by atoms with Gasteiger partial charge in [-0.2, -0.15) is 4.68 Å². The molecule has 0 radical (unpaired) electrons. The summed E-state index contributed by atoms with van der Waals surface area (Å²) in [6.45, 7) is 6.02. The number of carbonyl (C=O) groups is 1. The van der Waals surface area contributed by atoms with Gasteiger partial charge in [0.05, 0.1) is 17.5 Å². The summed E-state index contributed by atoms with van der Waals surface area (Å²) in [6.07, 6.45) is 0. The Hall–Kier alpha value is -2.19. The van der Waals surface area contributed by atoms with Crippen LogP contribution in [0.3, 0.4) is 0 Å². The monoisotopic (exact) mass is 373 g/mol. The van der Waals surface area contributed by atoms with Crippen LogP contribution >= 0.6 is 23.1 Å². The maximum atomic E-state index is 12.2. The lowest BCUT2D eigenvalue weighted by atomic mass is 10.1. The van der Waals surface area contributed by atoms with Gasteiger partial charge in [0.2, 0.25) is 11.1 Å². The predicted molar refractivity (Wildman–Crippen MR) is 100 cm³/mol. The average Bonchev–Trinajstić information content (AvgIpc) is 3.26. The number of tetrazole rings is 1. The van der Waals surface area contributed by atoms with Crippen LogP contribution < -0.4 is 5.32 Å². The fourth-order valence-electron chi connectivity index (χ4n) is 2.39. The Morgan fingerprint density at radius 3 is 2.96 bits per heavy atom. The van der Waals surface area contributed by atoms with Crippen molar-refractivity contribution in [2.24, 2.45) is 0 Å². The van der Waals surface area contributed by atoms with E-state index in [9.17, 15) is 4.79 Å². The van der Waals surface area contributed by atoms with Gasteiger partial charge in [-0.05, 0) is 59.8 Å². The van der Waals surface area contributed by atoms with Crippen molar-refractivity contribution >= 4 is 29.0 Å². The van der Waals surface area contributed by atoms with Gasteiger partial charge in [-0.1, -0.05) is 30.0 Å². The highest BCUT2D eigenvalue weighted by Gasteiger charge is 2.15. The van der Waals surface area contributed by atoms with E-state index < -0.39 is 0 Å². The number of aryl methyl sites for hydroxylation is 2. The second kappa shape index (κ2) is 7.79. The van der Waals surface area contributed by atoms with Gasteiger partial charge in [-0.15, -0.1) is 16.4 Å². The van der Waals surface area contributed by atoms with Gasteiger partial charge < -0.3 is 5.32 Å². The fraction of sp³-hybridized carbons (Fsp3) is 0.294. The summed E-state index contributed by atoms with van der Waals surface area (Å²) < 4.78 is 1.68. The molecule has 2 heterocycles. The maximum Gasteiger partial charge on any atom is 0.230 e. The molecule has 0 bridgehead atoms. The lowest BCUT2D eigenvalue weighted by Crippen LogP contribution is -2.27. The average molecular weight is 374 g/mol. The van der Waals surface area contributed by atoms with E-state index in [1.54, 1.807) is 16.0 Å². The van der Waals surface area contributed by atoms with Gasteiger partial charge in [0.25, 0.3) is 0 Å². The first-order chi connectivity index (χ1) is 12.0. The summed E-state index contributed by atoms with van der Waals surface area (Å²) in [5.74, 6) is 0.224. The van der Waals surface area contributed by atoms with Crippen LogP contribution in [-0.4, -0.2) is 31.9 Å². The molecule has 0 saturated carbocycles. The molecule has 0 aliphatic rings. The van der Waals surface area contributed by atoms with Gasteiger partial charge in [-0.25, -0.2) is 0 Å². The smallest absolute Gasteiger partial charge is 0.230 e. The third-order valence-electron chi connectivity index (χ3n) is 3.71. The van der Waals surface area contributed by atoms with E-state index in [-0.39, 0.29) is 17.7 Å². The third-order valence-corrected chi connectivity index (χ3v) is 5.69. The molecular weight excluding hydrogens is 354 g/mol. The quantitative estimate of drug-likeness (QED) is 0.671. The van der Waals surface area contributed by atoms with Crippen LogP contribution in [0.5, 0.6) is 0 Å². The third kappa shape index (κ3) is 4.26. The molecule has 3 rings (SSSR count). The topological polar surface area (TPSA) is 72.7 Å². The molecule has 8 heteroatoms. The summed E-state index contributed by atoms with van der Waals surface area (Å²) in [7, 11) is 0. The number of rotatable bonds is 6. The number of thiophene rings is 1. The first-order valence-corrected chi connectivity index (χ1v) is 9.72. The molecule has 130 valence electrons. The van der Waals surface area contributed by atoms with Crippen molar-refractivity contribution in [2.75, 3.05) is 5.75 Å². The van der Waals surface area contributed by atoms with Crippen LogP contribution in [0.4, 0.5) is 0 Å². The van der Waals surface area contributed by atoms with Crippen molar-refractivity contribution < 1.29 is 4.79 Å². The second-order valence-corrected chi connectivity index (χ2v) is 7.68. The van der Waals surface area contributed by atoms with Gasteiger partial charge in [0, 0.05) is 4.88 Å². The molecule has 0 spiro atoms. The highest BCUT2D eigenvalue weighted by Crippen LogP contribution is 2.22. The summed E-state index contributed by atoms with van der Waals surface area (Å²) in [5, 5.41) is 17.5. The fourth-order valence-corrected chi connectivity index (χ4v) is 3.82. The highest BCUT2D eigenvalue weighted by molar-refractivity contribution is 7.99. The van der Waals surface area contributed by atoms with E-state index in [0.717, 1.165) is 21.7 Å². The van der Waals surface area contributed by atoms with Crippen molar-refractivity contribution in [1.29, 1.82) is 0 Å². The Labute approximate surface area is 154 Å². The molecular formula is C17H19N5OS2. The Balaban J connectivity index is 1.65. The maximum absolute atomic E-state index is 12.2. The number of nitrogens with one attached hydrogen (secondary N) is 1. The van der Waals surface area contributed by atoms with E-state index in [0.29, 0.717) is 5.16 Å². The Morgan fingerprint density at radius 1 is 1.36 bits per heavy atom. The molecule has 1 atom stereocenters. The Morgan fingerprint density at radius 2 is 2.20 bits per heavy atom. The normalized spacial score (nSPS) is 12.1. The van der Waals surface area contributed by atoms with Crippen LogP contribution in [0.2, 0.25) is 0 Å². The molecule has 6 nitrogen and oxygen atoms in total. The van der Waals surface area contributed by atoms with E-state index in [1.807, 2.05) is 50.4 Å². The summed E-state index contributed by atoms with van der Waals surface area (Å²) in [4.78, 5) is 13.3. The Bertz CT molecular complexity index is 860. The first kappa shape index (κ1) is 17.6. The molecule has 2 aromatic heterocycles.